The second kappa shape index (κ2) is 9.09. The van der Waals surface area contributed by atoms with Crippen LogP contribution in [-0.4, -0.2) is 0 Å². The molecule has 0 radical (unpaired) electrons. The van der Waals surface area contributed by atoms with Gasteiger partial charge in [-0.1, -0.05) is 60.8 Å². The van der Waals surface area contributed by atoms with E-state index in [2.05, 4.69) is 27.7 Å². The van der Waals surface area contributed by atoms with Gasteiger partial charge in [0.2, 0.25) is 0 Å². The molecule has 0 spiro atoms. The van der Waals surface area contributed by atoms with Crippen LogP contribution < -0.4 is 0 Å². The van der Waals surface area contributed by atoms with Crippen molar-refractivity contribution in [2.75, 3.05) is 0 Å². The first-order valence-electron chi connectivity index (χ1n) is 5.62. The van der Waals surface area contributed by atoms with Crippen molar-refractivity contribution in [1.82, 2.24) is 0 Å². The molecular formula is C12H28. The molecule has 0 nitrogen and oxygen atoms in total. The first kappa shape index (κ1) is 14.5. The molecule has 0 unspecified atom stereocenters. The van der Waals surface area contributed by atoms with E-state index < -0.39 is 0 Å². The average Bonchev–Trinajstić information content (AvgIpc) is 2.06. The lowest BCUT2D eigenvalue weighted by Crippen LogP contribution is -2.20. The van der Waals surface area contributed by atoms with Gasteiger partial charge in [-0.15, -0.1) is 0 Å². The van der Waals surface area contributed by atoms with Crippen molar-refractivity contribution in [2.24, 2.45) is 5.41 Å². The van der Waals surface area contributed by atoms with Crippen LogP contribution in [0.15, 0.2) is 0 Å². The molecule has 1 aliphatic rings. The Morgan fingerprint density at radius 2 is 1.17 bits per heavy atom. The lowest BCUT2D eigenvalue weighted by molar-refractivity contribution is 0.190. The van der Waals surface area contributed by atoms with Gasteiger partial charge in [0.05, 0.1) is 0 Å². The van der Waals surface area contributed by atoms with Crippen LogP contribution in [0.4, 0.5) is 0 Å². The average molecular weight is 172 g/mol. The zero-order valence-corrected chi connectivity index (χ0v) is 10.0. The highest BCUT2D eigenvalue weighted by molar-refractivity contribution is 4.77. The van der Waals surface area contributed by atoms with Crippen molar-refractivity contribution < 1.29 is 0 Å². The highest BCUT2D eigenvalue weighted by Crippen LogP contribution is 2.38. The summed E-state index contributed by atoms with van der Waals surface area (Å²) in [4.78, 5) is 0. The van der Waals surface area contributed by atoms with E-state index in [1.165, 1.54) is 32.1 Å². The standard InChI is InChI=1S/C6H12.C4H10.C2H6/c1-6(2)4-3-5-6;1-3-4-2;1-2/h3-5H2,1-2H3;3-4H2,1-2H3;1-2H3. The first-order chi connectivity index (χ1) is 5.62. The Morgan fingerprint density at radius 1 is 0.917 bits per heavy atom. The van der Waals surface area contributed by atoms with Gasteiger partial charge in [-0.2, -0.15) is 0 Å². The molecule has 1 fully saturated rings. The highest BCUT2D eigenvalue weighted by atomic mass is 14.3. The van der Waals surface area contributed by atoms with Gasteiger partial charge in [0.25, 0.3) is 0 Å². The summed E-state index contributed by atoms with van der Waals surface area (Å²) in [5, 5.41) is 0. The Morgan fingerprint density at radius 3 is 1.17 bits per heavy atom. The number of hydrogen-bond acceptors (Lipinski definition) is 0. The van der Waals surface area contributed by atoms with E-state index in [9.17, 15) is 0 Å². The molecule has 0 heteroatoms. The van der Waals surface area contributed by atoms with Crippen LogP contribution in [-0.2, 0) is 0 Å². The minimum Gasteiger partial charge on any atom is -0.0683 e. The molecule has 0 aromatic carbocycles. The molecule has 12 heavy (non-hydrogen) atoms. The maximum absolute atomic E-state index is 2.33. The fourth-order valence-electron chi connectivity index (χ4n) is 0.884. The number of unbranched alkanes of at least 4 members (excludes halogenated alkanes) is 1. The van der Waals surface area contributed by atoms with E-state index in [-0.39, 0.29) is 0 Å². The minimum absolute atomic E-state index is 0.722. The second-order valence-electron chi connectivity index (χ2n) is 4.02. The van der Waals surface area contributed by atoms with Gasteiger partial charge in [-0.3, -0.25) is 0 Å². The van der Waals surface area contributed by atoms with Crippen LogP contribution in [0, 0.1) is 5.41 Å². The van der Waals surface area contributed by atoms with Gasteiger partial charge in [0.1, 0.15) is 0 Å². The van der Waals surface area contributed by atoms with Crippen LogP contribution >= 0.6 is 0 Å². The lowest BCUT2D eigenvalue weighted by atomic mass is 9.72. The zero-order chi connectivity index (χ0) is 10.0. The Bertz CT molecular complexity index is 64.1. The predicted octanol–water partition coefficient (Wildman–Crippen LogP) is 5.03. The van der Waals surface area contributed by atoms with Crippen LogP contribution in [0.3, 0.4) is 0 Å². The molecular weight excluding hydrogens is 144 g/mol. The summed E-state index contributed by atoms with van der Waals surface area (Å²) in [5.41, 5.74) is 0.722. The smallest absolute Gasteiger partial charge is 0.0354 e. The van der Waals surface area contributed by atoms with Gasteiger partial charge >= 0.3 is 0 Å². The van der Waals surface area contributed by atoms with Gasteiger partial charge in [0, 0.05) is 0 Å². The molecule has 0 saturated heterocycles. The summed E-state index contributed by atoms with van der Waals surface area (Å²) in [5.74, 6) is 0. The summed E-state index contributed by atoms with van der Waals surface area (Å²) in [7, 11) is 0. The SMILES string of the molecule is CC.CC1(C)CCC1.CCCC. The lowest BCUT2D eigenvalue weighted by Gasteiger charge is -2.33. The van der Waals surface area contributed by atoms with Crippen molar-refractivity contribution in [2.45, 2.75) is 73.6 Å². The molecule has 0 bridgehead atoms. The second-order valence-corrected chi connectivity index (χ2v) is 4.02. The van der Waals surface area contributed by atoms with Crippen molar-refractivity contribution in [3.05, 3.63) is 0 Å². The first-order valence-corrected chi connectivity index (χ1v) is 5.62. The normalized spacial score (nSPS) is 17.5. The summed E-state index contributed by atoms with van der Waals surface area (Å²) in [6.07, 6.45) is 7.01. The largest absolute Gasteiger partial charge is 0.0683 e. The van der Waals surface area contributed by atoms with Gasteiger partial charge in [-0.25, -0.2) is 0 Å². The summed E-state index contributed by atoms with van der Waals surface area (Å²) in [6.45, 7) is 13.0. The third kappa shape index (κ3) is 10.0. The van der Waals surface area contributed by atoms with Crippen LogP contribution in [0.25, 0.3) is 0 Å². The third-order valence-electron chi connectivity index (χ3n) is 2.21. The molecule has 0 aromatic heterocycles. The molecule has 1 rings (SSSR count). The molecule has 0 aliphatic heterocycles. The van der Waals surface area contributed by atoms with Crippen LogP contribution in [0.1, 0.15) is 73.6 Å². The quantitative estimate of drug-likeness (QED) is 0.520. The predicted molar refractivity (Wildman–Crippen MR) is 59.6 cm³/mol. The molecule has 1 aliphatic carbocycles. The van der Waals surface area contributed by atoms with E-state index in [0.29, 0.717) is 0 Å². The Kier molecular flexibility index (Phi) is 11.0. The van der Waals surface area contributed by atoms with Crippen molar-refractivity contribution in [3.8, 4) is 0 Å². The van der Waals surface area contributed by atoms with E-state index in [1.807, 2.05) is 13.8 Å². The Hall–Kier alpha value is 0. The van der Waals surface area contributed by atoms with Gasteiger partial charge in [-0.05, 0) is 18.3 Å². The highest BCUT2D eigenvalue weighted by Gasteiger charge is 2.24. The fraction of sp³-hybridized carbons (Fsp3) is 1.00. The molecule has 0 heterocycles. The zero-order valence-electron chi connectivity index (χ0n) is 10.0. The third-order valence-corrected chi connectivity index (χ3v) is 2.21. The molecule has 76 valence electrons. The van der Waals surface area contributed by atoms with E-state index in [1.54, 1.807) is 0 Å². The van der Waals surface area contributed by atoms with Crippen molar-refractivity contribution >= 4 is 0 Å². The maximum atomic E-state index is 2.33. The van der Waals surface area contributed by atoms with Crippen LogP contribution in [0.5, 0.6) is 0 Å². The van der Waals surface area contributed by atoms with E-state index in [0.717, 1.165) is 5.41 Å². The van der Waals surface area contributed by atoms with E-state index in [4.69, 9.17) is 0 Å². The summed E-state index contributed by atoms with van der Waals surface area (Å²) >= 11 is 0. The number of rotatable bonds is 1. The molecule has 0 atom stereocenters. The van der Waals surface area contributed by atoms with Crippen LogP contribution in [0.2, 0.25) is 0 Å². The van der Waals surface area contributed by atoms with Crippen molar-refractivity contribution in [3.63, 3.8) is 0 Å². The molecule has 0 amide bonds. The summed E-state index contributed by atoms with van der Waals surface area (Å²) < 4.78 is 0. The minimum atomic E-state index is 0.722. The Balaban J connectivity index is 0. The van der Waals surface area contributed by atoms with Gasteiger partial charge in [0.15, 0.2) is 0 Å². The topological polar surface area (TPSA) is 0 Å². The molecule has 0 aromatic rings. The number of hydrogen-bond donors (Lipinski definition) is 0. The molecule has 1 saturated carbocycles. The van der Waals surface area contributed by atoms with E-state index >= 15 is 0 Å². The van der Waals surface area contributed by atoms with Crippen molar-refractivity contribution in [1.29, 1.82) is 0 Å². The van der Waals surface area contributed by atoms with Gasteiger partial charge < -0.3 is 0 Å². The maximum Gasteiger partial charge on any atom is -0.0354 e. The molecule has 0 N–H and O–H groups in total. The summed E-state index contributed by atoms with van der Waals surface area (Å²) in [6, 6.07) is 0. The monoisotopic (exact) mass is 172 g/mol. The fourth-order valence-corrected chi connectivity index (χ4v) is 0.884. The Labute approximate surface area is 79.8 Å².